The lowest BCUT2D eigenvalue weighted by atomic mass is 10.1. The molecule has 0 unspecified atom stereocenters. The Bertz CT molecular complexity index is 920. The molecule has 0 bridgehead atoms. The van der Waals surface area contributed by atoms with Gasteiger partial charge in [-0.15, -0.1) is 11.3 Å². The molecule has 3 aromatic rings. The Morgan fingerprint density at radius 2 is 1.79 bits per heavy atom. The zero-order valence-electron chi connectivity index (χ0n) is 15.7. The molecule has 1 heterocycles. The molecule has 6 heteroatoms. The fourth-order valence-corrected chi connectivity index (χ4v) is 3.42. The lowest BCUT2D eigenvalue weighted by molar-refractivity contribution is -0.147. The van der Waals surface area contributed by atoms with Crippen molar-refractivity contribution in [2.24, 2.45) is 0 Å². The van der Waals surface area contributed by atoms with Gasteiger partial charge >= 0.3 is 5.97 Å². The Labute approximate surface area is 168 Å². The van der Waals surface area contributed by atoms with Crippen LogP contribution in [0.25, 0.3) is 10.6 Å². The number of hydrogen-bond donors (Lipinski definition) is 1. The first-order valence-electron chi connectivity index (χ1n) is 9.14. The van der Waals surface area contributed by atoms with Crippen LogP contribution in [0.1, 0.15) is 23.7 Å². The van der Waals surface area contributed by atoms with Gasteiger partial charge < -0.3 is 10.1 Å². The Kier molecular flexibility index (Phi) is 6.92. The number of rotatable bonds is 8. The van der Waals surface area contributed by atoms with E-state index in [2.05, 4.69) is 29.4 Å². The number of carbonyl (C=O) groups excluding carboxylic acids is 2. The molecule has 0 saturated carbocycles. The fraction of sp³-hybridized carbons (Fsp3) is 0.227. The molecule has 3 rings (SSSR count). The molecule has 1 N–H and O–H groups in total. The monoisotopic (exact) mass is 394 g/mol. The molecule has 1 aromatic heterocycles. The Morgan fingerprint density at radius 3 is 2.50 bits per heavy atom. The number of benzene rings is 2. The Morgan fingerprint density at radius 1 is 1.04 bits per heavy atom. The van der Waals surface area contributed by atoms with Crippen molar-refractivity contribution in [3.05, 3.63) is 76.8 Å². The lowest BCUT2D eigenvalue weighted by Gasteiger charge is -2.06. The summed E-state index contributed by atoms with van der Waals surface area (Å²) in [5.74, 6) is -0.791. The van der Waals surface area contributed by atoms with Crippen molar-refractivity contribution < 1.29 is 14.3 Å². The van der Waals surface area contributed by atoms with Gasteiger partial charge in [0.25, 0.3) is 5.91 Å². The van der Waals surface area contributed by atoms with Gasteiger partial charge in [-0.25, -0.2) is 4.98 Å². The average Bonchev–Trinajstić information content (AvgIpc) is 3.20. The Hall–Kier alpha value is -2.99. The lowest BCUT2D eigenvalue weighted by Crippen LogP contribution is -2.28. The summed E-state index contributed by atoms with van der Waals surface area (Å²) in [5, 5.41) is 5.44. The third kappa shape index (κ3) is 5.76. The molecule has 0 spiro atoms. The van der Waals surface area contributed by atoms with Gasteiger partial charge in [0.1, 0.15) is 5.01 Å². The van der Waals surface area contributed by atoms with Gasteiger partial charge in [0.2, 0.25) is 0 Å². The quantitative estimate of drug-likeness (QED) is 0.591. The van der Waals surface area contributed by atoms with Crippen molar-refractivity contribution in [3.8, 4) is 10.6 Å². The molecule has 0 aliphatic carbocycles. The third-order valence-corrected chi connectivity index (χ3v) is 5.12. The van der Waals surface area contributed by atoms with E-state index in [0.717, 1.165) is 22.6 Å². The highest BCUT2D eigenvalue weighted by Crippen LogP contribution is 2.24. The van der Waals surface area contributed by atoms with Crippen LogP contribution < -0.4 is 5.32 Å². The van der Waals surface area contributed by atoms with Gasteiger partial charge in [-0.05, 0) is 17.5 Å². The predicted molar refractivity (Wildman–Crippen MR) is 110 cm³/mol. The maximum Gasteiger partial charge on any atom is 0.312 e. The number of nitrogens with one attached hydrogen (secondary N) is 1. The van der Waals surface area contributed by atoms with Crippen LogP contribution in [0, 0.1) is 0 Å². The van der Waals surface area contributed by atoms with Crippen LogP contribution in [0.2, 0.25) is 0 Å². The number of hydrogen-bond acceptors (Lipinski definition) is 5. The van der Waals surface area contributed by atoms with Crippen LogP contribution in [0.5, 0.6) is 0 Å². The van der Waals surface area contributed by atoms with Crippen molar-refractivity contribution in [2.75, 3.05) is 6.61 Å². The first kappa shape index (κ1) is 19.8. The summed E-state index contributed by atoms with van der Waals surface area (Å²) in [5.41, 5.74) is 3.94. The summed E-state index contributed by atoms with van der Waals surface area (Å²) in [6, 6.07) is 17.8. The topological polar surface area (TPSA) is 68.3 Å². The average molecular weight is 394 g/mol. The van der Waals surface area contributed by atoms with Gasteiger partial charge in [0.15, 0.2) is 6.61 Å². The zero-order valence-corrected chi connectivity index (χ0v) is 16.5. The largest absolute Gasteiger partial charge is 0.455 e. The molecule has 0 aliphatic heterocycles. The van der Waals surface area contributed by atoms with Crippen molar-refractivity contribution >= 4 is 23.2 Å². The molecule has 28 heavy (non-hydrogen) atoms. The van der Waals surface area contributed by atoms with E-state index in [1.165, 1.54) is 16.9 Å². The number of aromatic nitrogens is 1. The molecule has 1 amide bonds. The highest BCUT2D eigenvalue weighted by molar-refractivity contribution is 7.13. The van der Waals surface area contributed by atoms with Gasteiger partial charge in [0.05, 0.1) is 12.1 Å². The molecular formula is C22H22N2O3S. The maximum atomic E-state index is 12.0. The number of thiazole rings is 1. The first-order valence-corrected chi connectivity index (χ1v) is 10.0. The fourth-order valence-electron chi connectivity index (χ4n) is 2.60. The van der Waals surface area contributed by atoms with E-state index in [9.17, 15) is 9.59 Å². The normalized spacial score (nSPS) is 10.5. The standard InChI is InChI=1S/C22H22N2O3S/c1-2-16-8-10-18(11-9-16)22-24-19(15-28-22)12-21(26)27-14-20(25)23-13-17-6-4-3-5-7-17/h3-11,15H,2,12-14H2,1H3,(H,23,25). The number of ether oxygens (including phenoxy) is 1. The highest BCUT2D eigenvalue weighted by Gasteiger charge is 2.12. The smallest absolute Gasteiger partial charge is 0.312 e. The number of aryl methyl sites for hydroxylation is 1. The van der Waals surface area contributed by atoms with E-state index < -0.39 is 5.97 Å². The van der Waals surface area contributed by atoms with Crippen LogP contribution in [0.4, 0.5) is 0 Å². The minimum Gasteiger partial charge on any atom is -0.455 e. The van der Waals surface area contributed by atoms with E-state index in [0.29, 0.717) is 12.2 Å². The highest BCUT2D eigenvalue weighted by atomic mass is 32.1. The molecule has 0 saturated heterocycles. The summed E-state index contributed by atoms with van der Waals surface area (Å²) < 4.78 is 5.06. The van der Waals surface area contributed by atoms with Crippen molar-refractivity contribution in [1.29, 1.82) is 0 Å². The molecular weight excluding hydrogens is 372 g/mol. The van der Waals surface area contributed by atoms with E-state index in [4.69, 9.17) is 4.74 Å². The maximum absolute atomic E-state index is 12.0. The second kappa shape index (κ2) is 9.80. The zero-order chi connectivity index (χ0) is 19.8. The second-order valence-electron chi connectivity index (χ2n) is 6.29. The minimum atomic E-state index is -0.465. The molecule has 2 aromatic carbocycles. The van der Waals surface area contributed by atoms with Crippen LogP contribution >= 0.6 is 11.3 Å². The van der Waals surface area contributed by atoms with Crippen LogP contribution in [-0.2, 0) is 33.7 Å². The molecule has 0 aliphatic rings. The van der Waals surface area contributed by atoms with Crippen molar-refractivity contribution in [1.82, 2.24) is 10.3 Å². The SMILES string of the molecule is CCc1ccc(-c2nc(CC(=O)OCC(=O)NCc3ccccc3)cs2)cc1. The van der Waals surface area contributed by atoms with Crippen LogP contribution in [0.3, 0.4) is 0 Å². The molecule has 0 fully saturated rings. The number of amides is 1. The molecule has 0 radical (unpaired) electrons. The number of carbonyl (C=O) groups is 2. The van der Waals surface area contributed by atoms with Gasteiger partial charge in [0, 0.05) is 17.5 Å². The molecule has 0 atom stereocenters. The number of esters is 1. The first-order chi connectivity index (χ1) is 13.6. The summed E-state index contributed by atoms with van der Waals surface area (Å²) in [4.78, 5) is 28.3. The third-order valence-electron chi connectivity index (χ3n) is 4.18. The summed E-state index contributed by atoms with van der Waals surface area (Å²) in [6.07, 6.45) is 1.05. The minimum absolute atomic E-state index is 0.0511. The van der Waals surface area contributed by atoms with E-state index in [-0.39, 0.29) is 18.9 Å². The van der Waals surface area contributed by atoms with E-state index in [1.54, 1.807) is 0 Å². The number of nitrogens with zero attached hydrogens (tertiary/aromatic N) is 1. The Balaban J connectivity index is 1.44. The van der Waals surface area contributed by atoms with E-state index in [1.807, 2.05) is 47.8 Å². The summed E-state index contributed by atoms with van der Waals surface area (Å²) >= 11 is 1.49. The van der Waals surface area contributed by atoms with E-state index >= 15 is 0 Å². The summed E-state index contributed by atoms with van der Waals surface area (Å²) in [7, 11) is 0. The van der Waals surface area contributed by atoms with Crippen molar-refractivity contribution in [3.63, 3.8) is 0 Å². The van der Waals surface area contributed by atoms with Crippen LogP contribution in [-0.4, -0.2) is 23.5 Å². The molecule has 144 valence electrons. The van der Waals surface area contributed by atoms with Crippen LogP contribution in [0.15, 0.2) is 60.0 Å². The van der Waals surface area contributed by atoms with Gasteiger partial charge in [-0.2, -0.15) is 0 Å². The second-order valence-corrected chi connectivity index (χ2v) is 7.15. The van der Waals surface area contributed by atoms with Gasteiger partial charge in [-0.1, -0.05) is 61.5 Å². The van der Waals surface area contributed by atoms with Crippen molar-refractivity contribution in [2.45, 2.75) is 26.3 Å². The molecule has 5 nitrogen and oxygen atoms in total. The summed E-state index contributed by atoms with van der Waals surface area (Å²) in [6.45, 7) is 2.23. The van der Waals surface area contributed by atoms with Gasteiger partial charge in [-0.3, -0.25) is 9.59 Å². The predicted octanol–water partition coefficient (Wildman–Crippen LogP) is 3.77.